The van der Waals surface area contributed by atoms with Crippen molar-refractivity contribution in [1.29, 1.82) is 0 Å². The molecule has 18 heteroatoms. The molecular weight excluding hydrogens is 1900 g/mol. The second-order valence-electron chi connectivity index (χ2n) is 24.7. The average Bonchev–Trinajstić information content (AvgIpc) is 3.61. The molecule has 1 radical (unpaired) electrons. The first-order valence-corrected chi connectivity index (χ1v) is 63.7. The molecule has 0 N–H and O–H groups in total. The number of carbonyl (C=O) groups excluding carboxylic acids is 1. The molecule has 539 valence electrons. The van der Waals surface area contributed by atoms with Gasteiger partial charge in [-0.25, -0.2) is 0 Å². The maximum Gasteiger partial charge on any atom is 1.00 e. The van der Waals surface area contributed by atoms with E-state index in [2.05, 4.69) is 396 Å². The van der Waals surface area contributed by atoms with Gasteiger partial charge in [0.05, 0.1) is 16.2 Å². The number of terminal acetylenes is 3. The van der Waals surface area contributed by atoms with Crippen LogP contribution in [0.3, 0.4) is 0 Å². The van der Waals surface area contributed by atoms with Gasteiger partial charge in [-0.3, -0.25) is 4.79 Å². The Balaban J connectivity index is -0.0000000454. The molecule has 93 heavy (non-hydrogen) atoms. The number of hydrogen-bond acceptors (Lipinski definition) is 3. The predicted octanol–water partition coefficient (Wildman–Crippen LogP) is 23.9. The van der Waals surface area contributed by atoms with Gasteiger partial charge in [-0.2, -0.15) is 0 Å². The van der Waals surface area contributed by atoms with E-state index in [0.29, 0.717) is 12.8 Å². The minimum Gasteiger partial charge on any atom is -0.662 e. The first kappa shape index (κ1) is 140. The van der Waals surface area contributed by atoms with Crippen LogP contribution in [-0.4, -0.2) is 135 Å². The van der Waals surface area contributed by atoms with E-state index in [4.69, 9.17) is 29.3 Å². The fourth-order valence-electron chi connectivity index (χ4n) is 3.97. The Morgan fingerprint density at radius 1 is 0.387 bits per heavy atom. The molecule has 0 bridgehead atoms. The van der Waals surface area contributed by atoms with Gasteiger partial charge in [0.25, 0.3) is 6.47 Å². The molecule has 0 aliphatic carbocycles. The fourth-order valence-corrected chi connectivity index (χ4v) is 8.43. The largest absolute Gasteiger partial charge is 1.00 e. The molecule has 0 saturated heterocycles. The van der Waals surface area contributed by atoms with Crippen LogP contribution >= 0.6 is 131 Å². The van der Waals surface area contributed by atoms with Crippen LogP contribution in [0.25, 0.3) is 0 Å². The van der Waals surface area contributed by atoms with Gasteiger partial charge in [-0.05, 0) is 41.5 Å². The van der Waals surface area contributed by atoms with Gasteiger partial charge in [-0.15, -0.1) is 82.1 Å². The summed E-state index contributed by atoms with van der Waals surface area (Å²) < 4.78 is 2.25. The molecule has 0 atom stereocenters. The van der Waals surface area contributed by atoms with E-state index in [9.17, 15) is 0 Å². The van der Waals surface area contributed by atoms with Crippen molar-refractivity contribution in [2.75, 3.05) is 28.7 Å². The van der Waals surface area contributed by atoms with Crippen LogP contribution in [0.4, 0.5) is 0 Å². The minimum atomic E-state index is -1.15. The van der Waals surface area contributed by atoms with E-state index in [1.165, 1.54) is 87.9 Å². The number of alkyl halides is 7. The number of carbonyl (C=O) groups is 1. The number of rotatable bonds is 15. The molecule has 0 rings (SSSR count). The molecule has 0 fully saturated rings. The van der Waals surface area contributed by atoms with Gasteiger partial charge in [-0.1, -0.05) is 407 Å². The van der Waals surface area contributed by atoms with Crippen LogP contribution in [-0.2, 0) is 9.68 Å². The van der Waals surface area contributed by atoms with Crippen LogP contribution in [0.1, 0.15) is 211 Å². The van der Waals surface area contributed by atoms with Crippen LogP contribution in [0.2, 0.25) is 118 Å². The smallest absolute Gasteiger partial charge is 0.662 e. The third-order valence-corrected chi connectivity index (χ3v) is 14.0. The van der Waals surface area contributed by atoms with Crippen molar-refractivity contribution in [2.24, 2.45) is 0 Å². The molecule has 0 unspecified atom stereocenters. The zero-order valence-corrected chi connectivity index (χ0v) is 92.1. The summed E-state index contributed by atoms with van der Waals surface area (Å²) in [4.78, 5) is 13.2. The molecule has 0 amide bonds. The predicted molar refractivity (Wildman–Crippen MR) is 494 cm³/mol. The van der Waals surface area contributed by atoms with Crippen LogP contribution in [0, 0.1) is 106 Å². The Kier molecular flexibility index (Phi) is 189. The van der Waals surface area contributed by atoms with Crippen molar-refractivity contribution in [3.05, 3.63) is 0 Å². The number of unbranched alkanes of at least 4 members (excludes halogenated alkanes) is 12. The van der Waals surface area contributed by atoms with Crippen LogP contribution < -0.4 is 56.6 Å². The van der Waals surface area contributed by atoms with E-state index in [1.807, 2.05) is 25.7 Å². The normalized spacial score (nSPS) is 8.55. The maximum absolute atomic E-state index is 8.64. The van der Waals surface area contributed by atoms with Gasteiger partial charge in [0.15, 0.2) is 0 Å². The molecule has 3 nitrogen and oxygen atoms in total. The molecule has 0 aromatic heterocycles. The zero-order chi connectivity index (χ0) is 75.4. The standard InChI is InChI=1S/C10H20Si.C9H17BrSi.C8H16Si.2C8H12Si.C7H13BrSi.C6H14.C5H12.C5H8.C2H5Br.C2H5I.C2H6.CH2BrI.CH3I.CH2O3.2K/c1-5-6-7-8-9-10-11(2,3)4;1-11(2,3)9-7-5-4-6-8-10;3*1-5-6-7-8-9(2,3)4;1-9(2,3)7-5-4-6-8;1-3-5-6-4-2;2*1-3-5-4-2;2*1-2-3;1-2;2-1-3;1-2;2-1-4-3;;/h5-8H2,1-4H3;4-6,8H2,1-3H3;5-6H2,1-4H3;2*1H,6H2,2-4H3;4,6H2,1-3H3;3-6H2,1-2H3;3-5H2,1-2H3;1H,4-5H2,2H3;2*2H2,1H3;1-2H3;1H2;1H3;1,3H;;/q;;;;;;;;;;;;;;;;+1/p-1. The Hall–Kier alpha value is 4.15. The van der Waals surface area contributed by atoms with Crippen molar-refractivity contribution in [3.8, 4) is 106 Å². The first-order valence-electron chi connectivity index (χ1n) is 33.0. The third-order valence-electron chi connectivity index (χ3n) is 7.44. The van der Waals surface area contributed by atoms with Crippen molar-refractivity contribution in [2.45, 2.75) is 329 Å². The summed E-state index contributed by atoms with van der Waals surface area (Å²) in [7, 11) is -6.60. The van der Waals surface area contributed by atoms with Crippen molar-refractivity contribution >= 4 is 238 Å². The molecular formula is C75H146Br4I3K2O3Si6. The summed E-state index contributed by atoms with van der Waals surface area (Å²) in [5.74, 6) is 26.2. The summed E-state index contributed by atoms with van der Waals surface area (Å²) in [6.45, 7) is 63.9. The van der Waals surface area contributed by atoms with E-state index in [1.54, 1.807) is 0 Å². The van der Waals surface area contributed by atoms with E-state index >= 15 is 0 Å². The Morgan fingerprint density at radius 2 is 0.602 bits per heavy atom. The molecule has 0 aliphatic heterocycles. The molecule has 0 aliphatic rings. The van der Waals surface area contributed by atoms with Crippen molar-refractivity contribution in [3.63, 3.8) is 0 Å². The van der Waals surface area contributed by atoms with Gasteiger partial charge in [0.2, 0.25) is 0 Å². The van der Waals surface area contributed by atoms with Crippen LogP contribution in [0.5, 0.6) is 0 Å². The zero-order valence-electron chi connectivity index (χ0n) is 67.1. The Morgan fingerprint density at radius 3 is 0.763 bits per heavy atom. The summed E-state index contributed by atoms with van der Waals surface area (Å²) >= 11 is 19.7. The first-order chi connectivity index (χ1) is 42.3. The van der Waals surface area contributed by atoms with Gasteiger partial charge < -0.3 is 10.1 Å². The number of hydrogen-bond donors (Lipinski definition) is 0. The number of halogens is 7. The summed E-state index contributed by atoms with van der Waals surface area (Å²) in [5.41, 5.74) is 19.7. The summed E-state index contributed by atoms with van der Waals surface area (Å²) in [6.07, 6.45) is 39.6. The second-order valence-corrected chi connectivity index (χ2v) is 60.9. The van der Waals surface area contributed by atoms with Gasteiger partial charge in [0.1, 0.15) is 48.4 Å². The quantitative estimate of drug-likeness (QED) is 0.0240. The second kappa shape index (κ2) is 126. The maximum atomic E-state index is 8.64. The molecule has 0 spiro atoms. The molecule has 0 saturated carbocycles. The van der Waals surface area contributed by atoms with Crippen molar-refractivity contribution < 1.29 is 66.3 Å². The average molecular weight is 2040 g/mol. The topological polar surface area (TPSA) is 49.4 Å². The van der Waals surface area contributed by atoms with Gasteiger partial charge in [0, 0.05) is 99.5 Å². The van der Waals surface area contributed by atoms with E-state index in [-0.39, 0.29) is 109 Å². The van der Waals surface area contributed by atoms with E-state index in [0.717, 1.165) is 57.9 Å². The van der Waals surface area contributed by atoms with Crippen molar-refractivity contribution in [1.82, 2.24) is 0 Å². The van der Waals surface area contributed by atoms with Gasteiger partial charge >= 0.3 is 51.4 Å². The van der Waals surface area contributed by atoms with E-state index < -0.39 is 48.4 Å². The molecule has 0 heterocycles. The third kappa shape index (κ3) is 313. The Bertz CT molecular complexity index is 1770. The molecule has 0 aromatic carbocycles. The monoisotopic (exact) mass is 2040 g/mol. The fraction of sp³-hybridized carbons (Fsp3) is 0.747. The Labute approximate surface area is 754 Å². The SMILES string of the molecule is BrCI.C#CCC#C[Si](C)(C)C.C#CCC#C[Si](C)(C)C.C#CCCC.CC.CCBr.CCCC#C[Si](C)(C)C.CCCCC.CCCCCC.CCCCCC#C[Si](C)(C)C.CCI.CI.C[Si](C)(C)C#CCCBr.C[Si](C)(C)C#CCCCCBr.O=CO[O-].[K+].[K]. The summed E-state index contributed by atoms with van der Waals surface area (Å²) in [6, 6.07) is 0. The van der Waals surface area contributed by atoms with Crippen LogP contribution in [0.15, 0.2) is 0 Å². The molecule has 0 aromatic rings. The summed E-state index contributed by atoms with van der Waals surface area (Å²) in [5, 5.41) is 11.6. The minimum absolute atomic E-state index is 0.